The second-order valence-corrected chi connectivity index (χ2v) is 6.27. The molecule has 0 aliphatic carbocycles. The van der Waals surface area contributed by atoms with E-state index in [9.17, 15) is 13.6 Å². The second kappa shape index (κ2) is 7.59. The number of aryl methyl sites for hydroxylation is 1. The summed E-state index contributed by atoms with van der Waals surface area (Å²) in [5, 5.41) is 6.62. The Labute approximate surface area is 164 Å². The number of carbonyl (C=O) groups excluding carboxylic acids is 1. The van der Waals surface area contributed by atoms with Crippen LogP contribution in [-0.2, 0) is 0 Å². The molecule has 0 unspecified atom stereocenters. The van der Waals surface area contributed by atoms with Crippen LogP contribution in [0, 0.1) is 18.6 Å². The molecule has 8 heteroatoms. The normalized spacial score (nSPS) is 10.7. The molecule has 0 saturated carbocycles. The number of halogens is 2. The molecule has 144 valence electrons. The Kier molecular flexibility index (Phi) is 4.82. The van der Waals surface area contributed by atoms with Gasteiger partial charge in [0.25, 0.3) is 5.91 Å². The SMILES string of the molecule is Cc1nc(Nc2cccc3cccnc23)cc(C(=O)Nc2ccc(F)c(F)c2)n1. The van der Waals surface area contributed by atoms with Gasteiger partial charge in [0.1, 0.15) is 17.3 Å². The highest BCUT2D eigenvalue weighted by atomic mass is 19.2. The molecule has 0 spiro atoms. The second-order valence-electron chi connectivity index (χ2n) is 6.27. The van der Waals surface area contributed by atoms with Crippen LogP contribution in [0.1, 0.15) is 16.3 Å². The smallest absolute Gasteiger partial charge is 0.274 e. The molecule has 0 radical (unpaired) electrons. The lowest BCUT2D eigenvalue weighted by atomic mass is 10.2. The van der Waals surface area contributed by atoms with E-state index in [-0.39, 0.29) is 11.4 Å². The zero-order valence-electron chi connectivity index (χ0n) is 15.3. The van der Waals surface area contributed by atoms with E-state index >= 15 is 0 Å². The lowest BCUT2D eigenvalue weighted by Gasteiger charge is -2.11. The predicted molar refractivity (Wildman–Crippen MR) is 106 cm³/mol. The average Bonchev–Trinajstić information content (AvgIpc) is 2.70. The van der Waals surface area contributed by atoms with Crippen molar-refractivity contribution < 1.29 is 13.6 Å². The van der Waals surface area contributed by atoms with E-state index in [2.05, 4.69) is 25.6 Å². The van der Waals surface area contributed by atoms with E-state index in [1.807, 2.05) is 30.3 Å². The monoisotopic (exact) mass is 391 g/mol. The lowest BCUT2D eigenvalue weighted by molar-refractivity contribution is 0.102. The zero-order valence-corrected chi connectivity index (χ0v) is 15.3. The quantitative estimate of drug-likeness (QED) is 0.531. The van der Waals surface area contributed by atoms with Crippen LogP contribution < -0.4 is 10.6 Å². The number of hydrogen-bond donors (Lipinski definition) is 2. The maximum atomic E-state index is 13.4. The standard InChI is InChI=1S/C21H15F2N5O/c1-12-25-18(21(29)27-14-7-8-15(22)16(23)10-14)11-19(26-12)28-17-6-2-4-13-5-3-9-24-20(13)17/h2-11H,1H3,(H,27,29)(H,25,26,28). The number of anilines is 3. The fourth-order valence-corrected chi connectivity index (χ4v) is 2.86. The molecule has 0 aliphatic heterocycles. The molecule has 2 heterocycles. The summed E-state index contributed by atoms with van der Waals surface area (Å²) in [6.07, 6.45) is 1.69. The van der Waals surface area contributed by atoms with Gasteiger partial charge in [0.15, 0.2) is 11.6 Å². The summed E-state index contributed by atoms with van der Waals surface area (Å²) in [4.78, 5) is 25.3. The third-order valence-electron chi connectivity index (χ3n) is 4.14. The Balaban J connectivity index is 1.61. The van der Waals surface area contributed by atoms with Gasteiger partial charge in [-0.15, -0.1) is 0 Å². The first-order valence-corrected chi connectivity index (χ1v) is 8.72. The number of aromatic nitrogens is 3. The molecule has 2 aromatic carbocycles. The summed E-state index contributed by atoms with van der Waals surface area (Å²) in [5.41, 5.74) is 1.70. The molecule has 2 N–H and O–H groups in total. The Hall–Kier alpha value is -3.94. The molecule has 4 aromatic rings. The third-order valence-corrected chi connectivity index (χ3v) is 4.14. The summed E-state index contributed by atoms with van der Waals surface area (Å²) in [6, 6.07) is 14.1. The minimum Gasteiger partial charge on any atom is -0.338 e. The Morgan fingerprint density at radius 1 is 0.966 bits per heavy atom. The van der Waals surface area contributed by atoms with Crippen LogP contribution in [0.5, 0.6) is 0 Å². The Morgan fingerprint density at radius 2 is 1.79 bits per heavy atom. The van der Waals surface area contributed by atoms with Gasteiger partial charge in [-0.2, -0.15) is 0 Å². The van der Waals surface area contributed by atoms with Crippen molar-refractivity contribution >= 4 is 34.0 Å². The Bertz CT molecular complexity index is 1220. The first-order chi connectivity index (χ1) is 14.0. The number of rotatable bonds is 4. The molecule has 0 atom stereocenters. The van der Waals surface area contributed by atoms with E-state index in [1.165, 1.54) is 12.1 Å². The van der Waals surface area contributed by atoms with Crippen molar-refractivity contribution in [3.05, 3.63) is 83.9 Å². The van der Waals surface area contributed by atoms with Crippen molar-refractivity contribution in [3.8, 4) is 0 Å². The molecule has 0 bridgehead atoms. The van der Waals surface area contributed by atoms with Gasteiger partial charge >= 0.3 is 0 Å². The predicted octanol–water partition coefficient (Wildman–Crippen LogP) is 4.61. The van der Waals surface area contributed by atoms with Gasteiger partial charge in [-0.1, -0.05) is 18.2 Å². The highest BCUT2D eigenvalue weighted by molar-refractivity contribution is 6.03. The van der Waals surface area contributed by atoms with Gasteiger partial charge < -0.3 is 10.6 Å². The van der Waals surface area contributed by atoms with Crippen LogP contribution in [0.3, 0.4) is 0 Å². The van der Waals surface area contributed by atoms with E-state index in [4.69, 9.17) is 0 Å². The van der Waals surface area contributed by atoms with Crippen LogP contribution in [0.2, 0.25) is 0 Å². The number of nitrogens with one attached hydrogen (secondary N) is 2. The van der Waals surface area contributed by atoms with E-state index < -0.39 is 17.5 Å². The van der Waals surface area contributed by atoms with Crippen LogP contribution in [-0.4, -0.2) is 20.9 Å². The molecule has 0 saturated heterocycles. The van der Waals surface area contributed by atoms with Gasteiger partial charge in [0.05, 0.1) is 11.2 Å². The number of hydrogen-bond acceptors (Lipinski definition) is 5. The Morgan fingerprint density at radius 3 is 2.62 bits per heavy atom. The van der Waals surface area contributed by atoms with Gasteiger partial charge in [-0.05, 0) is 31.2 Å². The van der Waals surface area contributed by atoms with Gasteiger partial charge in [0, 0.05) is 29.4 Å². The van der Waals surface area contributed by atoms with Gasteiger partial charge in [-0.3, -0.25) is 9.78 Å². The van der Waals surface area contributed by atoms with Gasteiger partial charge in [0.2, 0.25) is 0 Å². The zero-order chi connectivity index (χ0) is 20.4. The summed E-state index contributed by atoms with van der Waals surface area (Å²) in [7, 11) is 0. The van der Waals surface area contributed by atoms with Crippen molar-refractivity contribution in [2.24, 2.45) is 0 Å². The fraction of sp³-hybridized carbons (Fsp3) is 0.0476. The molecule has 1 amide bonds. The first-order valence-electron chi connectivity index (χ1n) is 8.72. The van der Waals surface area contributed by atoms with Gasteiger partial charge in [-0.25, -0.2) is 18.7 Å². The average molecular weight is 391 g/mol. The topological polar surface area (TPSA) is 79.8 Å². The van der Waals surface area contributed by atoms with Crippen LogP contribution in [0.15, 0.2) is 60.8 Å². The number of carbonyl (C=O) groups is 1. The van der Waals surface area contributed by atoms with Crippen LogP contribution in [0.4, 0.5) is 26.0 Å². The third kappa shape index (κ3) is 4.01. The largest absolute Gasteiger partial charge is 0.338 e. The minimum atomic E-state index is -1.05. The van der Waals surface area contributed by atoms with Crippen molar-refractivity contribution in [1.82, 2.24) is 15.0 Å². The minimum absolute atomic E-state index is 0.0814. The molecule has 6 nitrogen and oxygen atoms in total. The number of fused-ring (bicyclic) bond motifs is 1. The summed E-state index contributed by atoms with van der Waals surface area (Å²) in [6.45, 7) is 1.65. The van der Waals surface area contributed by atoms with E-state index in [0.29, 0.717) is 11.6 Å². The summed E-state index contributed by atoms with van der Waals surface area (Å²) >= 11 is 0. The number of nitrogens with zero attached hydrogens (tertiary/aromatic N) is 3. The fourth-order valence-electron chi connectivity index (χ4n) is 2.86. The van der Waals surface area contributed by atoms with Crippen molar-refractivity contribution in [2.75, 3.05) is 10.6 Å². The molecular formula is C21H15F2N5O. The van der Waals surface area contributed by atoms with Crippen molar-refractivity contribution in [1.29, 1.82) is 0 Å². The molecule has 0 aliphatic rings. The number of benzene rings is 2. The lowest BCUT2D eigenvalue weighted by Crippen LogP contribution is -2.15. The molecule has 29 heavy (non-hydrogen) atoms. The first kappa shape index (κ1) is 18.4. The highest BCUT2D eigenvalue weighted by Gasteiger charge is 2.13. The number of amides is 1. The summed E-state index contributed by atoms with van der Waals surface area (Å²) < 4.78 is 26.4. The number of para-hydroxylation sites is 1. The van der Waals surface area contributed by atoms with E-state index in [1.54, 1.807) is 13.1 Å². The summed E-state index contributed by atoms with van der Waals surface area (Å²) in [5.74, 6) is -1.83. The van der Waals surface area contributed by atoms with Crippen molar-refractivity contribution in [3.63, 3.8) is 0 Å². The van der Waals surface area contributed by atoms with Crippen molar-refractivity contribution in [2.45, 2.75) is 6.92 Å². The molecule has 2 aromatic heterocycles. The maximum absolute atomic E-state index is 13.4. The van der Waals surface area contributed by atoms with Crippen LogP contribution in [0.25, 0.3) is 10.9 Å². The van der Waals surface area contributed by atoms with Crippen LogP contribution >= 0.6 is 0 Å². The maximum Gasteiger partial charge on any atom is 0.274 e. The van der Waals surface area contributed by atoms with E-state index in [0.717, 1.165) is 28.7 Å². The molecule has 0 fully saturated rings. The molecular weight excluding hydrogens is 376 g/mol. The molecule has 4 rings (SSSR count). The number of pyridine rings is 1. The highest BCUT2D eigenvalue weighted by Crippen LogP contribution is 2.24.